The van der Waals surface area contributed by atoms with Gasteiger partial charge in [0.15, 0.2) is 0 Å². The molecule has 2 nitrogen and oxygen atoms in total. The Labute approximate surface area is 177 Å². The van der Waals surface area contributed by atoms with Crippen molar-refractivity contribution in [2.24, 2.45) is 0 Å². The number of halogens is 3. The van der Waals surface area contributed by atoms with Crippen molar-refractivity contribution < 1.29 is 17.7 Å². The van der Waals surface area contributed by atoms with Gasteiger partial charge in [0.1, 0.15) is 0 Å². The lowest BCUT2D eigenvalue weighted by Crippen LogP contribution is -2.05. The molecule has 30 heavy (non-hydrogen) atoms. The number of nitrogens with one attached hydrogen (secondary N) is 1. The summed E-state index contributed by atoms with van der Waals surface area (Å²) < 4.78 is 53.0. The molecule has 3 aromatic carbocycles. The summed E-state index contributed by atoms with van der Waals surface area (Å²) in [6.07, 6.45) is -4.47. The van der Waals surface area contributed by atoms with Crippen LogP contribution >= 0.6 is 19.1 Å². The standard InChI is InChI=1S/C23H17F3NOPS/c24-23(25,26)19-12-7-13-20(14-19)27-29(28)15-21(17-8-3-1-4-9-17)30-22(16-29)18-10-5-2-6-11-18/h1-16H,(H,27,28). The summed E-state index contributed by atoms with van der Waals surface area (Å²) in [6, 6.07) is 23.8. The van der Waals surface area contributed by atoms with Crippen LogP contribution < -0.4 is 5.09 Å². The first-order chi connectivity index (χ1) is 14.3. The highest BCUT2D eigenvalue weighted by Crippen LogP contribution is 2.60. The third kappa shape index (κ3) is 4.72. The van der Waals surface area contributed by atoms with E-state index in [9.17, 15) is 17.7 Å². The first-order valence-electron chi connectivity index (χ1n) is 9.12. The summed E-state index contributed by atoms with van der Waals surface area (Å²) in [5.41, 5.74) is 1.17. The van der Waals surface area contributed by atoms with E-state index in [1.165, 1.54) is 23.9 Å². The third-order valence-corrected chi connectivity index (χ3v) is 7.84. The van der Waals surface area contributed by atoms with Gasteiger partial charge in [0, 0.05) is 27.1 Å². The fraction of sp³-hybridized carbons (Fsp3) is 0.0435. The molecule has 152 valence electrons. The van der Waals surface area contributed by atoms with Gasteiger partial charge >= 0.3 is 6.18 Å². The molecule has 0 radical (unpaired) electrons. The Hall–Kier alpha value is -2.69. The van der Waals surface area contributed by atoms with Crippen LogP contribution in [-0.4, -0.2) is 0 Å². The predicted molar refractivity (Wildman–Crippen MR) is 119 cm³/mol. The number of benzene rings is 3. The number of anilines is 1. The quantitative estimate of drug-likeness (QED) is 0.413. The van der Waals surface area contributed by atoms with Crippen molar-refractivity contribution in [3.8, 4) is 0 Å². The second-order valence-electron chi connectivity index (χ2n) is 6.72. The van der Waals surface area contributed by atoms with E-state index in [1.54, 1.807) is 11.6 Å². The van der Waals surface area contributed by atoms with E-state index < -0.39 is 19.0 Å². The third-order valence-electron chi connectivity index (χ3n) is 4.45. The number of hydrogen-bond acceptors (Lipinski definition) is 2. The molecule has 0 spiro atoms. The molecule has 0 aromatic heterocycles. The van der Waals surface area contributed by atoms with Crippen LogP contribution in [0.25, 0.3) is 9.81 Å². The van der Waals surface area contributed by atoms with Crippen molar-refractivity contribution in [3.05, 3.63) is 113 Å². The Morgan fingerprint density at radius 2 is 1.27 bits per heavy atom. The van der Waals surface area contributed by atoms with Gasteiger partial charge in [-0.25, -0.2) is 0 Å². The highest BCUT2D eigenvalue weighted by Gasteiger charge is 2.31. The van der Waals surface area contributed by atoms with Crippen molar-refractivity contribution in [1.29, 1.82) is 0 Å². The Bertz CT molecular complexity index is 1100. The molecule has 0 saturated heterocycles. The van der Waals surface area contributed by atoms with E-state index in [2.05, 4.69) is 5.09 Å². The topological polar surface area (TPSA) is 29.1 Å². The van der Waals surface area contributed by atoms with Crippen molar-refractivity contribution in [2.75, 3.05) is 5.09 Å². The van der Waals surface area contributed by atoms with Crippen LogP contribution in [0.5, 0.6) is 0 Å². The molecule has 1 N–H and O–H groups in total. The number of rotatable bonds is 4. The van der Waals surface area contributed by atoms with Gasteiger partial charge in [0.25, 0.3) is 0 Å². The Morgan fingerprint density at radius 3 is 1.77 bits per heavy atom. The second kappa shape index (κ2) is 8.21. The zero-order chi connectivity index (χ0) is 21.2. The van der Waals surface area contributed by atoms with Crippen molar-refractivity contribution in [3.63, 3.8) is 0 Å². The van der Waals surface area contributed by atoms with Crippen molar-refractivity contribution in [1.82, 2.24) is 0 Å². The van der Waals surface area contributed by atoms with Gasteiger partial charge in [-0.2, -0.15) is 13.2 Å². The highest BCUT2D eigenvalue weighted by atomic mass is 32.2. The van der Waals surface area contributed by atoms with Gasteiger partial charge in [-0.3, -0.25) is 4.57 Å². The summed E-state index contributed by atoms with van der Waals surface area (Å²) in [4.78, 5) is 1.58. The summed E-state index contributed by atoms with van der Waals surface area (Å²) >= 11 is 1.49. The van der Waals surface area contributed by atoms with Crippen LogP contribution in [0.15, 0.2) is 96.6 Å². The van der Waals surface area contributed by atoms with E-state index in [1.807, 2.05) is 60.7 Å². The fourth-order valence-corrected chi connectivity index (χ4v) is 6.91. The molecule has 1 heterocycles. The van der Waals surface area contributed by atoms with Gasteiger partial charge < -0.3 is 5.09 Å². The normalized spacial score (nSPS) is 15.8. The number of alkyl halides is 3. The van der Waals surface area contributed by atoms with Crippen LogP contribution in [0.4, 0.5) is 18.9 Å². The maximum Gasteiger partial charge on any atom is 0.416 e. The first-order valence-corrected chi connectivity index (χ1v) is 11.8. The Kier molecular flexibility index (Phi) is 5.63. The van der Waals surface area contributed by atoms with Gasteiger partial charge in [-0.05, 0) is 29.3 Å². The molecule has 0 unspecified atom stereocenters. The fourth-order valence-electron chi connectivity index (χ4n) is 3.06. The zero-order valence-electron chi connectivity index (χ0n) is 15.6. The van der Waals surface area contributed by atoms with Gasteiger partial charge in [-0.1, -0.05) is 78.5 Å². The highest BCUT2D eigenvalue weighted by molar-refractivity contribution is 8.17. The van der Waals surface area contributed by atoms with Crippen LogP contribution in [0.2, 0.25) is 0 Å². The zero-order valence-corrected chi connectivity index (χ0v) is 17.3. The summed E-state index contributed by atoms with van der Waals surface area (Å²) in [5.74, 6) is 3.25. The van der Waals surface area contributed by atoms with Crippen LogP contribution in [-0.2, 0) is 10.7 Å². The molecule has 0 atom stereocenters. The van der Waals surface area contributed by atoms with E-state index >= 15 is 0 Å². The maximum atomic E-state index is 13.8. The molecule has 0 amide bonds. The summed E-state index contributed by atoms with van der Waals surface area (Å²) in [6.45, 7) is 0. The average molecular weight is 443 g/mol. The van der Waals surface area contributed by atoms with E-state index in [0.717, 1.165) is 33.1 Å². The maximum absolute atomic E-state index is 13.8. The molecule has 7 heteroatoms. The average Bonchev–Trinajstić information content (AvgIpc) is 2.74. The van der Waals surface area contributed by atoms with E-state index in [-0.39, 0.29) is 5.69 Å². The molecule has 1 aliphatic heterocycles. The molecule has 0 fully saturated rings. The van der Waals surface area contributed by atoms with Crippen molar-refractivity contribution in [2.45, 2.75) is 6.18 Å². The molecule has 1 aliphatic rings. The lowest BCUT2D eigenvalue weighted by molar-refractivity contribution is -0.137. The van der Waals surface area contributed by atoms with Crippen LogP contribution in [0, 0.1) is 0 Å². The number of hydrogen-bond donors (Lipinski definition) is 1. The van der Waals surface area contributed by atoms with Crippen molar-refractivity contribution >= 4 is 34.6 Å². The Morgan fingerprint density at radius 1 is 0.733 bits per heavy atom. The SMILES string of the molecule is O=P1(Nc2cccc(C(F)(F)F)c2)C=C(c2ccccc2)SC(c2ccccc2)=C1. The van der Waals surface area contributed by atoms with E-state index in [0.29, 0.717) is 0 Å². The van der Waals surface area contributed by atoms with Gasteiger partial charge in [-0.15, -0.1) is 0 Å². The predicted octanol–water partition coefficient (Wildman–Crippen LogP) is 8.14. The van der Waals surface area contributed by atoms with Gasteiger partial charge in [0.05, 0.1) is 5.56 Å². The van der Waals surface area contributed by atoms with Gasteiger partial charge in [0.2, 0.25) is 7.29 Å². The molecule has 0 aliphatic carbocycles. The molecule has 0 saturated carbocycles. The summed E-state index contributed by atoms with van der Waals surface area (Å²) in [5, 5.41) is 2.86. The minimum atomic E-state index is -4.47. The molecule has 4 rings (SSSR count). The number of thioether (sulfide) groups is 1. The first kappa shape index (κ1) is 20.6. The largest absolute Gasteiger partial charge is 0.416 e. The van der Waals surface area contributed by atoms with Crippen LogP contribution in [0.3, 0.4) is 0 Å². The lowest BCUT2D eigenvalue weighted by Gasteiger charge is -2.23. The summed E-state index contributed by atoms with van der Waals surface area (Å²) in [7, 11) is -3.31. The molecule has 0 bridgehead atoms. The minimum Gasteiger partial charge on any atom is -0.330 e. The minimum absolute atomic E-state index is 0.160. The molecular weight excluding hydrogens is 426 g/mol. The van der Waals surface area contributed by atoms with E-state index in [4.69, 9.17) is 0 Å². The van der Waals surface area contributed by atoms with Crippen LogP contribution in [0.1, 0.15) is 16.7 Å². The molecular formula is C23H17F3NOPS. The molecule has 3 aromatic rings. The monoisotopic (exact) mass is 443 g/mol. The smallest absolute Gasteiger partial charge is 0.330 e. The lowest BCUT2D eigenvalue weighted by atomic mass is 10.2. The Balaban J connectivity index is 1.76. The second-order valence-corrected chi connectivity index (χ2v) is 9.96.